The number of terminal acetylenes is 1. The van der Waals surface area contributed by atoms with Crippen molar-refractivity contribution in [1.82, 2.24) is 5.32 Å². The van der Waals surface area contributed by atoms with Crippen LogP contribution in [0, 0.1) is 18.2 Å². The van der Waals surface area contributed by atoms with E-state index in [1.165, 1.54) is 12.1 Å². The van der Waals surface area contributed by atoms with Gasteiger partial charge >= 0.3 is 0 Å². The van der Waals surface area contributed by atoms with Crippen LogP contribution in [0.15, 0.2) is 18.2 Å². The first-order valence-electron chi connectivity index (χ1n) is 4.82. The van der Waals surface area contributed by atoms with Crippen LogP contribution in [0.2, 0.25) is 5.02 Å². The Bertz CT molecular complexity index is 426. The van der Waals surface area contributed by atoms with Crippen molar-refractivity contribution < 1.29 is 9.18 Å². The summed E-state index contributed by atoms with van der Waals surface area (Å²) in [6.07, 6.45) is 6.32. The number of halogens is 2. The smallest absolute Gasteiger partial charge is 0.254 e. The molecular formula is C12H11ClFNO. The van der Waals surface area contributed by atoms with Crippen LogP contribution in [0.5, 0.6) is 0 Å². The molecule has 1 rings (SSSR count). The molecule has 0 atom stereocenters. The van der Waals surface area contributed by atoms with E-state index >= 15 is 0 Å². The lowest BCUT2D eigenvalue weighted by Crippen LogP contribution is -2.25. The fourth-order valence-electron chi connectivity index (χ4n) is 1.16. The van der Waals surface area contributed by atoms with Gasteiger partial charge in [-0.05, 0) is 24.6 Å². The average molecular weight is 240 g/mol. The first-order valence-corrected chi connectivity index (χ1v) is 5.19. The van der Waals surface area contributed by atoms with Gasteiger partial charge < -0.3 is 5.32 Å². The van der Waals surface area contributed by atoms with Gasteiger partial charge in [0.1, 0.15) is 5.82 Å². The van der Waals surface area contributed by atoms with E-state index in [1.54, 1.807) is 0 Å². The second-order valence-electron chi connectivity index (χ2n) is 3.19. The number of hydrogen-bond donors (Lipinski definition) is 1. The maximum absolute atomic E-state index is 13.3. The van der Waals surface area contributed by atoms with Crippen molar-refractivity contribution in [3.63, 3.8) is 0 Å². The van der Waals surface area contributed by atoms with Crippen molar-refractivity contribution in [1.29, 1.82) is 0 Å². The lowest BCUT2D eigenvalue weighted by Gasteiger charge is -2.05. The second kappa shape index (κ2) is 6.14. The number of carbonyl (C=O) groups excluding carboxylic acids is 1. The van der Waals surface area contributed by atoms with Gasteiger partial charge in [-0.25, -0.2) is 4.39 Å². The topological polar surface area (TPSA) is 29.1 Å². The van der Waals surface area contributed by atoms with Crippen LogP contribution >= 0.6 is 11.6 Å². The summed E-state index contributed by atoms with van der Waals surface area (Å²) in [5.74, 6) is 1.38. The van der Waals surface area contributed by atoms with Crippen molar-refractivity contribution in [3.05, 3.63) is 34.6 Å². The Kier molecular flexibility index (Phi) is 4.81. The Hall–Kier alpha value is -1.53. The Labute approximate surface area is 98.8 Å². The number of rotatable bonds is 4. The van der Waals surface area contributed by atoms with Gasteiger partial charge in [0.25, 0.3) is 5.91 Å². The molecule has 0 aliphatic carbocycles. The zero-order valence-electron chi connectivity index (χ0n) is 8.59. The third kappa shape index (κ3) is 3.56. The normalized spacial score (nSPS) is 9.56. The molecule has 2 nitrogen and oxygen atoms in total. The molecule has 0 saturated carbocycles. The minimum Gasteiger partial charge on any atom is -0.352 e. The summed E-state index contributed by atoms with van der Waals surface area (Å²) in [4.78, 5) is 11.5. The van der Waals surface area contributed by atoms with Gasteiger partial charge in [0.15, 0.2) is 0 Å². The molecule has 0 aliphatic rings. The third-order valence-corrected chi connectivity index (χ3v) is 2.19. The van der Waals surface area contributed by atoms with Crippen molar-refractivity contribution in [2.45, 2.75) is 12.8 Å². The SMILES string of the molecule is C#CCCCNC(=O)c1ccc(Cl)cc1F. The van der Waals surface area contributed by atoms with Gasteiger partial charge in [-0.2, -0.15) is 0 Å². The molecule has 0 radical (unpaired) electrons. The molecule has 1 aromatic rings. The van der Waals surface area contributed by atoms with Crippen molar-refractivity contribution in [2.75, 3.05) is 6.54 Å². The third-order valence-electron chi connectivity index (χ3n) is 1.96. The molecule has 0 bridgehead atoms. The van der Waals surface area contributed by atoms with Crippen molar-refractivity contribution in [2.24, 2.45) is 0 Å². The fraction of sp³-hybridized carbons (Fsp3) is 0.250. The quantitative estimate of drug-likeness (QED) is 0.635. The lowest BCUT2D eigenvalue weighted by molar-refractivity contribution is 0.0949. The van der Waals surface area contributed by atoms with E-state index < -0.39 is 11.7 Å². The van der Waals surface area contributed by atoms with Crippen LogP contribution in [0.4, 0.5) is 4.39 Å². The van der Waals surface area contributed by atoms with E-state index in [1.807, 2.05) is 0 Å². The van der Waals surface area contributed by atoms with Crippen molar-refractivity contribution in [3.8, 4) is 12.3 Å². The number of amides is 1. The second-order valence-corrected chi connectivity index (χ2v) is 3.62. The van der Waals surface area contributed by atoms with E-state index in [0.29, 0.717) is 19.4 Å². The lowest BCUT2D eigenvalue weighted by atomic mass is 10.2. The number of nitrogens with one attached hydrogen (secondary N) is 1. The summed E-state index contributed by atoms with van der Waals surface area (Å²) in [5, 5.41) is 2.84. The number of hydrogen-bond acceptors (Lipinski definition) is 1. The molecule has 4 heteroatoms. The van der Waals surface area contributed by atoms with Gasteiger partial charge in [0, 0.05) is 18.0 Å². The molecule has 0 aliphatic heterocycles. The van der Waals surface area contributed by atoms with E-state index in [2.05, 4.69) is 11.2 Å². The van der Waals surface area contributed by atoms with Gasteiger partial charge in [-0.15, -0.1) is 12.3 Å². The predicted octanol–water partition coefficient (Wildman–Crippen LogP) is 2.62. The van der Waals surface area contributed by atoms with Crippen LogP contribution in [0.3, 0.4) is 0 Å². The fourth-order valence-corrected chi connectivity index (χ4v) is 1.32. The molecule has 1 N–H and O–H groups in total. The number of benzene rings is 1. The van der Waals surface area contributed by atoms with E-state index in [-0.39, 0.29) is 10.6 Å². The van der Waals surface area contributed by atoms with E-state index in [4.69, 9.17) is 18.0 Å². The summed E-state index contributed by atoms with van der Waals surface area (Å²) in [5.41, 5.74) is -0.00916. The zero-order chi connectivity index (χ0) is 12.0. The number of unbranched alkanes of at least 4 members (excludes halogenated alkanes) is 1. The first-order chi connectivity index (χ1) is 7.65. The van der Waals surface area contributed by atoms with Crippen LogP contribution in [0.1, 0.15) is 23.2 Å². The number of carbonyl (C=O) groups is 1. The molecule has 16 heavy (non-hydrogen) atoms. The molecule has 84 valence electrons. The maximum Gasteiger partial charge on any atom is 0.254 e. The predicted molar refractivity (Wildman–Crippen MR) is 61.8 cm³/mol. The largest absolute Gasteiger partial charge is 0.352 e. The molecule has 0 aromatic heterocycles. The first kappa shape index (κ1) is 12.5. The molecule has 0 spiro atoms. The zero-order valence-corrected chi connectivity index (χ0v) is 9.35. The molecule has 1 amide bonds. The summed E-state index contributed by atoms with van der Waals surface area (Å²) in [6, 6.07) is 3.94. The summed E-state index contributed by atoms with van der Waals surface area (Å²) in [6.45, 7) is 0.436. The highest BCUT2D eigenvalue weighted by Gasteiger charge is 2.10. The summed E-state index contributed by atoms with van der Waals surface area (Å²) in [7, 11) is 0. The Morgan fingerprint density at radius 1 is 1.56 bits per heavy atom. The standard InChI is InChI=1S/C12H11ClFNO/c1-2-3-4-7-15-12(16)10-6-5-9(13)8-11(10)14/h1,5-6,8H,3-4,7H2,(H,15,16). The Morgan fingerprint density at radius 2 is 2.31 bits per heavy atom. The maximum atomic E-state index is 13.3. The van der Waals surface area contributed by atoms with E-state index in [0.717, 1.165) is 6.07 Å². The Morgan fingerprint density at radius 3 is 2.94 bits per heavy atom. The summed E-state index contributed by atoms with van der Waals surface area (Å²) < 4.78 is 13.3. The van der Waals surface area contributed by atoms with Gasteiger partial charge in [0.2, 0.25) is 0 Å². The highest BCUT2D eigenvalue weighted by Crippen LogP contribution is 2.14. The van der Waals surface area contributed by atoms with E-state index in [9.17, 15) is 9.18 Å². The highest BCUT2D eigenvalue weighted by atomic mass is 35.5. The van der Waals surface area contributed by atoms with Gasteiger partial charge in [-0.1, -0.05) is 11.6 Å². The van der Waals surface area contributed by atoms with Crippen LogP contribution < -0.4 is 5.32 Å². The van der Waals surface area contributed by atoms with Crippen molar-refractivity contribution >= 4 is 17.5 Å². The van der Waals surface area contributed by atoms with Crippen LogP contribution in [0.25, 0.3) is 0 Å². The molecule has 0 unspecified atom stereocenters. The van der Waals surface area contributed by atoms with Crippen LogP contribution in [-0.4, -0.2) is 12.5 Å². The Balaban J connectivity index is 2.57. The monoisotopic (exact) mass is 239 g/mol. The summed E-state index contributed by atoms with van der Waals surface area (Å²) >= 11 is 5.57. The van der Waals surface area contributed by atoms with Gasteiger partial charge in [0.05, 0.1) is 5.56 Å². The molecule has 0 saturated heterocycles. The minimum absolute atomic E-state index is 0.00916. The molecular weight excluding hydrogens is 229 g/mol. The minimum atomic E-state index is -0.623. The molecule has 0 fully saturated rings. The molecule has 1 aromatic carbocycles. The average Bonchev–Trinajstić information content (AvgIpc) is 2.24. The molecule has 0 heterocycles. The van der Waals surface area contributed by atoms with Crippen LogP contribution in [-0.2, 0) is 0 Å². The van der Waals surface area contributed by atoms with Gasteiger partial charge in [-0.3, -0.25) is 4.79 Å². The highest BCUT2D eigenvalue weighted by molar-refractivity contribution is 6.30.